The van der Waals surface area contributed by atoms with Crippen molar-refractivity contribution in [3.63, 3.8) is 0 Å². The van der Waals surface area contributed by atoms with Crippen molar-refractivity contribution < 1.29 is 9.59 Å². The second-order valence-electron chi connectivity index (χ2n) is 2.64. The molecule has 2 aliphatic heterocycles. The van der Waals surface area contributed by atoms with E-state index in [0.717, 1.165) is 0 Å². The van der Waals surface area contributed by atoms with Crippen LogP contribution in [0.15, 0.2) is 0 Å². The summed E-state index contributed by atoms with van der Waals surface area (Å²) in [5, 5.41) is 0. The molecule has 2 rings (SSSR count). The lowest BCUT2D eigenvalue weighted by Crippen LogP contribution is -2.36. The van der Waals surface area contributed by atoms with Gasteiger partial charge in [-0.05, 0) is 0 Å². The van der Waals surface area contributed by atoms with E-state index in [1.807, 2.05) is 0 Å². The van der Waals surface area contributed by atoms with Crippen LogP contribution in [-0.2, 0) is 0 Å². The minimum Gasteiger partial charge on any atom is -0.246 e. The molecule has 0 radical (unpaired) electrons. The van der Waals surface area contributed by atoms with Crippen LogP contribution in [0.1, 0.15) is 0 Å². The molecule has 14 heavy (non-hydrogen) atoms. The molecule has 0 spiro atoms. The molecule has 4 amide bonds. The Hall–Kier alpha value is 0.460. The van der Waals surface area contributed by atoms with E-state index in [1.165, 1.54) is 15.7 Å². The molecule has 2 fully saturated rings. The van der Waals surface area contributed by atoms with Gasteiger partial charge in [0.05, 0.1) is 64.6 Å². The van der Waals surface area contributed by atoms with Gasteiger partial charge in [0.2, 0.25) is 0 Å². The number of nitrogens with zero attached hydrogens (tertiary/aromatic N) is 4. The maximum atomic E-state index is 11.5. The molecule has 0 atom stereocenters. The average Bonchev–Trinajstić information content (AvgIpc) is 2.51. The zero-order valence-corrected chi connectivity index (χ0v) is 12.6. The highest BCUT2D eigenvalue weighted by Crippen LogP contribution is 2.41. The van der Waals surface area contributed by atoms with Gasteiger partial charge in [0.25, 0.3) is 0 Å². The average molecular weight is 458 g/mol. The van der Waals surface area contributed by atoms with Gasteiger partial charge in [-0.3, -0.25) is 0 Å². The predicted molar refractivity (Wildman–Crippen MR) is 61.4 cm³/mol. The van der Waals surface area contributed by atoms with Gasteiger partial charge in [0, 0.05) is 0 Å². The normalized spacial score (nSPS) is 32.0. The largest absolute Gasteiger partial charge is 0.344 e. The third kappa shape index (κ3) is 1.23. The summed E-state index contributed by atoms with van der Waals surface area (Å²) >= 11 is 12.3. The lowest BCUT2D eigenvalue weighted by Gasteiger charge is -2.17. The Labute approximate surface area is 113 Å². The number of hydrogen-bond donors (Lipinski definition) is 0. The zero-order chi connectivity index (χ0) is 10.6. The van der Waals surface area contributed by atoms with Crippen molar-refractivity contribution in [2.24, 2.45) is 0 Å². The summed E-state index contributed by atoms with van der Waals surface area (Å²) in [7, 11) is 0. The van der Waals surface area contributed by atoms with Gasteiger partial charge in [-0.2, -0.15) is 0 Å². The highest BCUT2D eigenvalue weighted by molar-refractivity contribution is 9.09. The summed E-state index contributed by atoms with van der Waals surface area (Å²) in [6.07, 6.45) is -0.845. The molecule has 0 N–H and O–H groups in total. The lowest BCUT2D eigenvalue weighted by atomic mass is 10.4. The van der Waals surface area contributed by atoms with Crippen LogP contribution in [0, 0.1) is 0 Å². The van der Waals surface area contributed by atoms with Crippen LogP contribution >= 0.6 is 64.6 Å². The molecular formula is C4H2Br4N4O2. The fourth-order valence-electron chi connectivity index (χ4n) is 1.28. The molecule has 10 heteroatoms. The minimum atomic E-state index is -0.422. The minimum absolute atomic E-state index is 0.276. The Morgan fingerprint density at radius 3 is 1.14 bits per heavy atom. The van der Waals surface area contributed by atoms with Crippen LogP contribution in [0.25, 0.3) is 0 Å². The van der Waals surface area contributed by atoms with Crippen molar-refractivity contribution >= 4 is 76.7 Å². The number of rotatable bonds is 0. The van der Waals surface area contributed by atoms with E-state index in [-0.39, 0.29) is 12.1 Å². The molecule has 6 nitrogen and oxygen atoms in total. The van der Waals surface area contributed by atoms with Crippen molar-refractivity contribution in [2.45, 2.75) is 12.3 Å². The Morgan fingerprint density at radius 1 is 0.714 bits per heavy atom. The predicted octanol–water partition coefficient (Wildman–Crippen LogP) is 2.35. The molecule has 2 aliphatic rings. The number of carbonyl (C=O) groups excluding carboxylic acids is 2. The van der Waals surface area contributed by atoms with E-state index in [9.17, 15) is 9.59 Å². The Kier molecular flexibility index (Phi) is 2.73. The zero-order valence-electron chi connectivity index (χ0n) is 6.27. The van der Waals surface area contributed by atoms with Crippen molar-refractivity contribution in [2.75, 3.05) is 0 Å². The summed E-state index contributed by atoms with van der Waals surface area (Å²) in [5.74, 6) is 0. The third-order valence-corrected chi connectivity index (χ3v) is 4.82. The quantitative estimate of drug-likeness (QED) is 0.524. The molecule has 0 aliphatic carbocycles. The maximum absolute atomic E-state index is 11.5. The first kappa shape index (κ1) is 11.0. The number of halogens is 4. The molecule has 0 unspecified atom stereocenters. The third-order valence-electron chi connectivity index (χ3n) is 1.93. The van der Waals surface area contributed by atoms with Crippen LogP contribution in [0.2, 0.25) is 0 Å². The molecule has 0 aromatic heterocycles. The first-order valence-electron chi connectivity index (χ1n) is 3.34. The van der Waals surface area contributed by atoms with E-state index >= 15 is 0 Å². The summed E-state index contributed by atoms with van der Waals surface area (Å²) in [5.41, 5.74) is 0. The molecule has 78 valence electrons. The van der Waals surface area contributed by atoms with Crippen LogP contribution in [0.5, 0.6) is 0 Å². The number of amides is 4. The fourth-order valence-corrected chi connectivity index (χ4v) is 4.46. The van der Waals surface area contributed by atoms with Crippen molar-refractivity contribution in [3.05, 3.63) is 0 Å². The smallest absolute Gasteiger partial charge is 0.246 e. The van der Waals surface area contributed by atoms with Gasteiger partial charge in [0.1, 0.15) is 0 Å². The molecule has 0 bridgehead atoms. The number of urea groups is 2. The molecule has 0 aromatic rings. The SMILES string of the molecule is O=C1N(Br)C2C(N1Br)N(Br)C(=O)N2Br. The molecule has 0 aromatic carbocycles. The summed E-state index contributed by atoms with van der Waals surface area (Å²) in [4.78, 5) is 22.9. The molecule has 2 heterocycles. The lowest BCUT2D eigenvalue weighted by molar-refractivity contribution is 0.206. The standard InChI is InChI=1S/C4H2Br4N4O2/c5-9-1-2(11(7)3(9)13)12(8)4(14)10(1)6/h1-2H. The Morgan fingerprint density at radius 2 is 0.929 bits per heavy atom. The second-order valence-corrected chi connectivity index (χ2v) is 5.69. The maximum Gasteiger partial charge on any atom is 0.344 e. The van der Waals surface area contributed by atoms with Gasteiger partial charge < -0.3 is 0 Å². The van der Waals surface area contributed by atoms with Crippen molar-refractivity contribution in [1.82, 2.24) is 15.7 Å². The Balaban J connectivity index is 2.39. The van der Waals surface area contributed by atoms with Crippen LogP contribution in [0.4, 0.5) is 9.59 Å². The van der Waals surface area contributed by atoms with E-state index in [1.54, 1.807) is 0 Å². The van der Waals surface area contributed by atoms with Gasteiger partial charge in [0.15, 0.2) is 12.3 Å². The van der Waals surface area contributed by atoms with Crippen LogP contribution in [0.3, 0.4) is 0 Å². The van der Waals surface area contributed by atoms with Gasteiger partial charge >= 0.3 is 12.1 Å². The number of carbonyl (C=O) groups is 2. The van der Waals surface area contributed by atoms with E-state index in [2.05, 4.69) is 64.6 Å². The Bertz CT molecular complexity index is 260. The molecule has 0 saturated carbocycles. The van der Waals surface area contributed by atoms with Crippen molar-refractivity contribution in [3.8, 4) is 0 Å². The fraction of sp³-hybridized carbons (Fsp3) is 0.500. The summed E-state index contributed by atoms with van der Waals surface area (Å²) in [6.45, 7) is 0. The van der Waals surface area contributed by atoms with Crippen LogP contribution < -0.4 is 0 Å². The number of hydrogen-bond acceptors (Lipinski definition) is 2. The van der Waals surface area contributed by atoms with Crippen molar-refractivity contribution in [1.29, 1.82) is 0 Å². The first-order valence-corrected chi connectivity index (χ1v) is 6.18. The topological polar surface area (TPSA) is 47.1 Å². The highest BCUT2D eigenvalue weighted by atomic mass is 79.9. The van der Waals surface area contributed by atoms with Crippen LogP contribution in [-0.4, -0.2) is 40.1 Å². The first-order chi connectivity index (χ1) is 6.46. The highest BCUT2D eigenvalue weighted by Gasteiger charge is 2.58. The summed E-state index contributed by atoms with van der Waals surface area (Å²) < 4.78 is 5.11. The molecule has 2 saturated heterocycles. The second kappa shape index (κ2) is 3.49. The monoisotopic (exact) mass is 454 g/mol. The van der Waals surface area contributed by atoms with E-state index in [0.29, 0.717) is 0 Å². The van der Waals surface area contributed by atoms with Gasteiger partial charge in [-0.15, -0.1) is 0 Å². The van der Waals surface area contributed by atoms with E-state index < -0.39 is 12.3 Å². The van der Waals surface area contributed by atoms with Gasteiger partial charge in [-0.25, -0.2) is 25.3 Å². The molecular weight excluding hydrogens is 456 g/mol. The summed E-state index contributed by atoms with van der Waals surface area (Å²) in [6, 6.07) is -0.553. The van der Waals surface area contributed by atoms with Gasteiger partial charge in [-0.1, -0.05) is 0 Å². The van der Waals surface area contributed by atoms with E-state index in [4.69, 9.17) is 0 Å². The number of fused-ring (bicyclic) bond motifs is 1.